The number of hydrogen-bond acceptors (Lipinski definition) is 5. The summed E-state index contributed by atoms with van der Waals surface area (Å²) in [7, 11) is 2.96. The van der Waals surface area contributed by atoms with Gasteiger partial charge < -0.3 is 5.32 Å². The summed E-state index contributed by atoms with van der Waals surface area (Å²) >= 11 is 0. The number of nitrogens with zero attached hydrogens (tertiary/aromatic N) is 4. The van der Waals surface area contributed by atoms with Gasteiger partial charge in [0, 0.05) is 20.6 Å². The van der Waals surface area contributed by atoms with Crippen LogP contribution in [0, 0.1) is 0 Å². The molecule has 0 saturated carbocycles. The van der Waals surface area contributed by atoms with Gasteiger partial charge in [-0.05, 0) is 43.6 Å². The third-order valence-corrected chi connectivity index (χ3v) is 5.76. The Hall–Kier alpha value is -3.26. The first-order valence-electron chi connectivity index (χ1n) is 10.1. The van der Waals surface area contributed by atoms with Crippen LogP contribution in [0.1, 0.15) is 34.9 Å². The highest BCUT2D eigenvalue weighted by Gasteiger charge is 2.24. The molecule has 1 amide bonds. The van der Waals surface area contributed by atoms with E-state index < -0.39 is 11.2 Å². The molecular weight excluding hydrogens is 382 g/mol. The Morgan fingerprint density at radius 2 is 1.73 bits per heavy atom. The molecule has 0 bridgehead atoms. The van der Waals surface area contributed by atoms with Crippen molar-refractivity contribution in [2.45, 2.75) is 18.9 Å². The van der Waals surface area contributed by atoms with Gasteiger partial charge in [0.05, 0.1) is 11.4 Å². The second-order valence-corrected chi connectivity index (χ2v) is 7.65. The highest BCUT2D eigenvalue weighted by Crippen LogP contribution is 2.24. The second kappa shape index (κ2) is 8.23. The molecule has 156 valence electrons. The molecule has 30 heavy (non-hydrogen) atoms. The Morgan fingerprint density at radius 1 is 1.03 bits per heavy atom. The van der Waals surface area contributed by atoms with Gasteiger partial charge in [0.25, 0.3) is 11.5 Å². The number of amides is 1. The standard InChI is InChI=1S/C22H25N5O3/c1-25-19-16(21(29)26(2)22(25)30)10-11-17(24-19)20(28)23-14-18(27-12-6-7-13-27)15-8-4-3-5-9-15/h3-5,8-11,18H,6-7,12-14H2,1-2H3,(H,23,28). The molecule has 0 spiro atoms. The molecule has 0 aliphatic carbocycles. The van der Waals surface area contributed by atoms with Crippen molar-refractivity contribution in [3.05, 3.63) is 74.6 Å². The van der Waals surface area contributed by atoms with Crippen LogP contribution in [0.4, 0.5) is 0 Å². The van der Waals surface area contributed by atoms with Gasteiger partial charge in [0.2, 0.25) is 0 Å². The molecule has 1 unspecified atom stereocenters. The predicted octanol–water partition coefficient (Wildman–Crippen LogP) is 1.20. The number of pyridine rings is 1. The van der Waals surface area contributed by atoms with Crippen LogP contribution in [0.2, 0.25) is 0 Å². The molecule has 8 heteroatoms. The minimum Gasteiger partial charge on any atom is -0.349 e. The van der Waals surface area contributed by atoms with Crippen LogP contribution in [-0.2, 0) is 14.1 Å². The minimum absolute atomic E-state index is 0.0924. The molecule has 3 heterocycles. The molecule has 0 radical (unpaired) electrons. The number of rotatable bonds is 5. The van der Waals surface area contributed by atoms with Crippen molar-refractivity contribution in [2.24, 2.45) is 14.1 Å². The summed E-state index contributed by atoms with van der Waals surface area (Å²) in [5.41, 5.74) is 0.646. The lowest BCUT2D eigenvalue weighted by molar-refractivity contribution is 0.0933. The van der Waals surface area contributed by atoms with Gasteiger partial charge in [0.15, 0.2) is 0 Å². The number of hydrogen-bond donors (Lipinski definition) is 1. The van der Waals surface area contributed by atoms with E-state index in [-0.39, 0.29) is 23.3 Å². The lowest BCUT2D eigenvalue weighted by atomic mass is 10.1. The number of carbonyl (C=O) groups excluding carboxylic acids is 1. The van der Waals surface area contributed by atoms with Gasteiger partial charge in [-0.2, -0.15) is 0 Å². The maximum atomic E-state index is 12.8. The van der Waals surface area contributed by atoms with Gasteiger partial charge in [0.1, 0.15) is 11.3 Å². The minimum atomic E-state index is -0.476. The SMILES string of the molecule is Cn1c(=O)c2ccc(C(=O)NCC(c3ccccc3)N3CCCC3)nc2n(C)c1=O. The predicted molar refractivity (Wildman–Crippen MR) is 115 cm³/mol. The van der Waals surface area contributed by atoms with E-state index in [4.69, 9.17) is 0 Å². The Morgan fingerprint density at radius 3 is 2.43 bits per heavy atom. The van der Waals surface area contributed by atoms with E-state index in [0.717, 1.165) is 36.1 Å². The molecule has 1 aliphatic heterocycles. The van der Waals surface area contributed by atoms with E-state index in [1.54, 1.807) is 6.07 Å². The first-order valence-corrected chi connectivity index (χ1v) is 10.1. The fourth-order valence-corrected chi connectivity index (χ4v) is 4.05. The average molecular weight is 407 g/mol. The summed E-state index contributed by atoms with van der Waals surface area (Å²) in [6.07, 6.45) is 2.32. The number of nitrogens with one attached hydrogen (secondary N) is 1. The largest absolute Gasteiger partial charge is 0.349 e. The average Bonchev–Trinajstić information content (AvgIpc) is 3.31. The van der Waals surface area contributed by atoms with Crippen LogP contribution >= 0.6 is 0 Å². The van der Waals surface area contributed by atoms with Gasteiger partial charge in [-0.15, -0.1) is 0 Å². The van der Waals surface area contributed by atoms with Crippen molar-refractivity contribution in [1.29, 1.82) is 0 Å². The lowest BCUT2D eigenvalue weighted by Crippen LogP contribution is -2.38. The van der Waals surface area contributed by atoms with Crippen LogP contribution in [0.25, 0.3) is 11.0 Å². The molecule has 4 rings (SSSR count). The first-order chi connectivity index (χ1) is 14.5. The Labute approximate surface area is 173 Å². The number of likely N-dealkylation sites (tertiary alicyclic amines) is 1. The van der Waals surface area contributed by atoms with Gasteiger partial charge in [-0.1, -0.05) is 30.3 Å². The van der Waals surface area contributed by atoms with E-state index in [9.17, 15) is 14.4 Å². The molecule has 1 aliphatic rings. The third-order valence-electron chi connectivity index (χ3n) is 5.76. The van der Waals surface area contributed by atoms with Crippen LogP contribution in [0.3, 0.4) is 0 Å². The molecule has 1 fully saturated rings. The third kappa shape index (κ3) is 3.66. The molecule has 8 nitrogen and oxygen atoms in total. The van der Waals surface area contributed by atoms with Gasteiger partial charge in [-0.3, -0.25) is 23.6 Å². The molecule has 1 N–H and O–H groups in total. The van der Waals surface area contributed by atoms with Crippen LogP contribution in [-0.4, -0.2) is 44.6 Å². The van der Waals surface area contributed by atoms with Crippen LogP contribution in [0.5, 0.6) is 0 Å². The highest BCUT2D eigenvalue weighted by atomic mass is 16.2. The number of aryl methyl sites for hydroxylation is 1. The van der Waals surface area contributed by atoms with Crippen molar-refractivity contribution in [3.8, 4) is 0 Å². The number of fused-ring (bicyclic) bond motifs is 1. The monoisotopic (exact) mass is 407 g/mol. The Kier molecular flexibility index (Phi) is 5.50. The molecule has 1 aromatic carbocycles. The molecule has 1 saturated heterocycles. The zero-order chi connectivity index (χ0) is 21.3. The Balaban J connectivity index is 1.59. The summed E-state index contributed by atoms with van der Waals surface area (Å²) in [5.74, 6) is -0.329. The molecule has 3 aromatic rings. The number of carbonyl (C=O) groups is 1. The normalized spacial score (nSPS) is 15.4. The fraction of sp³-hybridized carbons (Fsp3) is 0.364. The quantitative estimate of drug-likeness (QED) is 0.687. The molecule has 1 atom stereocenters. The van der Waals surface area contributed by atoms with E-state index in [1.807, 2.05) is 18.2 Å². The number of aromatic nitrogens is 3. The van der Waals surface area contributed by atoms with E-state index in [1.165, 1.54) is 24.7 Å². The number of benzene rings is 1. The molecular formula is C22H25N5O3. The maximum absolute atomic E-state index is 12.8. The van der Waals surface area contributed by atoms with Gasteiger partial charge >= 0.3 is 5.69 Å². The maximum Gasteiger partial charge on any atom is 0.332 e. The summed E-state index contributed by atoms with van der Waals surface area (Å²) in [4.78, 5) is 44.0. The lowest BCUT2D eigenvalue weighted by Gasteiger charge is -2.28. The van der Waals surface area contributed by atoms with Crippen molar-refractivity contribution in [3.63, 3.8) is 0 Å². The van der Waals surface area contributed by atoms with Crippen LogP contribution < -0.4 is 16.6 Å². The van der Waals surface area contributed by atoms with E-state index in [2.05, 4.69) is 27.3 Å². The summed E-state index contributed by atoms with van der Waals surface area (Å²) < 4.78 is 2.31. The van der Waals surface area contributed by atoms with Crippen molar-refractivity contribution in [2.75, 3.05) is 19.6 Å². The van der Waals surface area contributed by atoms with Gasteiger partial charge in [-0.25, -0.2) is 9.78 Å². The second-order valence-electron chi connectivity index (χ2n) is 7.65. The first kappa shape index (κ1) is 20.0. The van der Waals surface area contributed by atoms with Crippen molar-refractivity contribution in [1.82, 2.24) is 24.3 Å². The van der Waals surface area contributed by atoms with E-state index in [0.29, 0.717) is 11.9 Å². The van der Waals surface area contributed by atoms with Crippen molar-refractivity contribution < 1.29 is 4.79 Å². The summed E-state index contributed by atoms with van der Waals surface area (Å²) in [6.45, 7) is 2.47. The summed E-state index contributed by atoms with van der Waals surface area (Å²) in [5, 5.41) is 3.29. The fourth-order valence-electron chi connectivity index (χ4n) is 4.05. The summed E-state index contributed by atoms with van der Waals surface area (Å²) in [6, 6.07) is 13.3. The van der Waals surface area contributed by atoms with Crippen molar-refractivity contribution >= 4 is 16.9 Å². The van der Waals surface area contributed by atoms with E-state index >= 15 is 0 Å². The highest BCUT2D eigenvalue weighted by molar-refractivity contribution is 5.94. The molecule has 2 aromatic heterocycles. The zero-order valence-electron chi connectivity index (χ0n) is 17.2. The Bertz CT molecular complexity index is 1190. The van der Waals surface area contributed by atoms with Crippen LogP contribution in [0.15, 0.2) is 52.1 Å². The zero-order valence-corrected chi connectivity index (χ0v) is 17.2. The topological polar surface area (TPSA) is 89.2 Å². The smallest absolute Gasteiger partial charge is 0.332 e.